The van der Waals surface area contributed by atoms with E-state index >= 15 is 0 Å². The van der Waals surface area contributed by atoms with E-state index < -0.39 is 0 Å². The minimum absolute atomic E-state index is 0.115. The normalized spacial score (nSPS) is 13.0. The highest BCUT2D eigenvalue weighted by molar-refractivity contribution is 7.26. The molecule has 0 amide bonds. The molecule has 0 fully saturated rings. The summed E-state index contributed by atoms with van der Waals surface area (Å²) in [4.78, 5) is 0. The van der Waals surface area contributed by atoms with Crippen LogP contribution in [-0.4, -0.2) is 0 Å². The Morgan fingerprint density at radius 1 is 0.667 bits per heavy atom. The molecule has 0 N–H and O–H groups in total. The van der Waals surface area contributed by atoms with Crippen molar-refractivity contribution < 1.29 is 0 Å². The number of fused-ring (bicyclic) bond motifs is 3. The second-order valence-corrected chi connectivity index (χ2v) is 12.0. The maximum Gasteiger partial charge on any atom is 0.0361 e. The first kappa shape index (κ1) is 21.1. The van der Waals surface area contributed by atoms with Crippen LogP contribution in [0.15, 0.2) is 54.6 Å². The number of rotatable bonds is 2. The van der Waals surface area contributed by atoms with E-state index in [0.29, 0.717) is 5.92 Å². The lowest BCUT2D eigenvalue weighted by Gasteiger charge is -2.26. The van der Waals surface area contributed by atoms with Gasteiger partial charge in [-0.3, -0.25) is 0 Å². The molecule has 0 saturated carbocycles. The Bertz CT molecular complexity index is 1190. The minimum Gasteiger partial charge on any atom is -0.135 e. The van der Waals surface area contributed by atoms with Gasteiger partial charge in [0.1, 0.15) is 0 Å². The third-order valence-electron chi connectivity index (χ3n) is 6.15. The fourth-order valence-corrected chi connectivity index (χ4v) is 5.43. The average molecular weight is 415 g/mol. The second-order valence-electron chi connectivity index (χ2n) is 11.0. The third kappa shape index (κ3) is 3.69. The molecular formula is C29H34S. The Morgan fingerprint density at radius 2 is 1.20 bits per heavy atom. The molecule has 0 aliphatic heterocycles. The van der Waals surface area contributed by atoms with Gasteiger partial charge in [0.05, 0.1) is 0 Å². The van der Waals surface area contributed by atoms with E-state index in [1.165, 1.54) is 48.0 Å². The van der Waals surface area contributed by atoms with Gasteiger partial charge in [-0.1, -0.05) is 97.9 Å². The highest BCUT2D eigenvalue weighted by Crippen LogP contribution is 2.44. The molecule has 1 heterocycles. The van der Waals surface area contributed by atoms with Gasteiger partial charge < -0.3 is 0 Å². The van der Waals surface area contributed by atoms with Crippen LogP contribution in [-0.2, 0) is 10.8 Å². The van der Waals surface area contributed by atoms with Crippen LogP contribution in [0.1, 0.15) is 78.0 Å². The van der Waals surface area contributed by atoms with Crippen molar-refractivity contribution in [3.8, 4) is 11.1 Å². The minimum atomic E-state index is 0.115. The molecule has 0 unspecified atom stereocenters. The summed E-state index contributed by atoms with van der Waals surface area (Å²) >= 11 is 1.92. The van der Waals surface area contributed by atoms with Gasteiger partial charge in [0.15, 0.2) is 0 Å². The van der Waals surface area contributed by atoms with Gasteiger partial charge in [-0.25, -0.2) is 0 Å². The molecule has 0 aliphatic rings. The van der Waals surface area contributed by atoms with E-state index in [2.05, 4.69) is 110 Å². The zero-order valence-corrected chi connectivity index (χ0v) is 20.5. The summed E-state index contributed by atoms with van der Waals surface area (Å²) in [5.74, 6) is 0.505. The fourth-order valence-electron chi connectivity index (χ4n) is 4.26. The summed E-state index contributed by atoms with van der Waals surface area (Å²) in [6, 6.07) is 20.9. The van der Waals surface area contributed by atoms with Gasteiger partial charge in [0.2, 0.25) is 0 Å². The summed E-state index contributed by atoms with van der Waals surface area (Å²) < 4.78 is 2.78. The predicted octanol–water partition coefficient (Wildman–Crippen LogP) is 9.44. The Morgan fingerprint density at radius 3 is 1.73 bits per heavy atom. The molecule has 3 aromatic carbocycles. The van der Waals surface area contributed by atoms with E-state index in [1.54, 1.807) is 0 Å². The summed E-state index contributed by atoms with van der Waals surface area (Å²) in [5.41, 5.74) is 7.21. The first-order chi connectivity index (χ1) is 14.0. The number of hydrogen-bond acceptors (Lipinski definition) is 1. The molecule has 1 aromatic heterocycles. The van der Waals surface area contributed by atoms with Crippen LogP contribution >= 0.6 is 11.3 Å². The first-order valence-electron chi connectivity index (χ1n) is 11.1. The van der Waals surface area contributed by atoms with Crippen molar-refractivity contribution in [2.24, 2.45) is 0 Å². The maximum absolute atomic E-state index is 2.42. The zero-order valence-electron chi connectivity index (χ0n) is 19.7. The molecule has 0 spiro atoms. The smallest absolute Gasteiger partial charge is 0.0361 e. The number of hydrogen-bond donors (Lipinski definition) is 0. The van der Waals surface area contributed by atoms with Gasteiger partial charge in [0, 0.05) is 20.2 Å². The molecule has 0 radical (unpaired) electrons. The van der Waals surface area contributed by atoms with E-state index in [-0.39, 0.29) is 10.8 Å². The molecule has 1 heteroatoms. The van der Waals surface area contributed by atoms with E-state index in [1.807, 2.05) is 11.3 Å². The molecule has 0 nitrogen and oxygen atoms in total. The number of thiophene rings is 1. The fraction of sp³-hybridized carbons (Fsp3) is 0.379. The molecule has 156 valence electrons. The molecule has 0 aliphatic carbocycles. The van der Waals surface area contributed by atoms with Gasteiger partial charge in [-0.15, -0.1) is 11.3 Å². The lowest BCUT2D eigenvalue weighted by Crippen LogP contribution is -2.16. The molecular weight excluding hydrogens is 380 g/mol. The van der Waals surface area contributed by atoms with Crippen LogP contribution in [0.4, 0.5) is 0 Å². The largest absolute Gasteiger partial charge is 0.135 e. The number of benzene rings is 3. The van der Waals surface area contributed by atoms with Crippen molar-refractivity contribution in [3.05, 3.63) is 71.3 Å². The second kappa shape index (κ2) is 7.24. The van der Waals surface area contributed by atoms with Gasteiger partial charge in [-0.2, -0.15) is 0 Å². The van der Waals surface area contributed by atoms with Crippen LogP contribution in [0, 0.1) is 0 Å². The van der Waals surface area contributed by atoms with Crippen molar-refractivity contribution in [2.45, 2.75) is 72.1 Å². The topological polar surface area (TPSA) is 0 Å². The van der Waals surface area contributed by atoms with E-state index in [4.69, 9.17) is 0 Å². The van der Waals surface area contributed by atoms with Crippen molar-refractivity contribution in [1.82, 2.24) is 0 Å². The van der Waals surface area contributed by atoms with Crippen molar-refractivity contribution in [1.29, 1.82) is 0 Å². The average Bonchev–Trinajstić information content (AvgIpc) is 3.04. The van der Waals surface area contributed by atoms with Crippen LogP contribution < -0.4 is 0 Å². The highest BCUT2D eigenvalue weighted by Gasteiger charge is 2.22. The van der Waals surface area contributed by atoms with Crippen molar-refractivity contribution in [3.63, 3.8) is 0 Å². The van der Waals surface area contributed by atoms with Crippen molar-refractivity contribution >= 4 is 31.5 Å². The summed E-state index contributed by atoms with van der Waals surface area (Å²) in [5, 5.41) is 2.87. The predicted molar refractivity (Wildman–Crippen MR) is 136 cm³/mol. The quantitative estimate of drug-likeness (QED) is 0.306. The monoisotopic (exact) mass is 414 g/mol. The molecule has 4 rings (SSSR count). The van der Waals surface area contributed by atoms with Gasteiger partial charge in [0.25, 0.3) is 0 Å². The molecule has 0 bridgehead atoms. The van der Waals surface area contributed by atoms with Crippen LogP contribution in [0.25, 0.3) is 31.3 Å². The van der Waals surface area contributed by atoms with E-state index in [0.717, 1.165) is 0 Å². The molecule has 0 saturated heterocycles. The Balaban J connectivity index is 2.11. The Kier molecular flexibility index (Phi) is 5.10. The Hall–Kier alpha value is -2.12. The summed E-state index contributed by atoms with van der Waals surface area (Å²) in [6.45, 7) is 18.5. The molecule has 0 atom stereocenters. The first-order valence-corrected chi connectivity index (χ1v) is 11.9. The lowest BCUT2D eigenvalue weighted by molar-refractivity contribution is 0.569. The standard InChI is InChI=1S/C29H34S/c1-18(2)22-11-9-13-24-26(22)27-23(12-10-14-25(27)30-24)19-15-20(28(3,4)5)17-21(16-19)29(6,7)8/h9-18H,1-8H3. The summed E-state index contributed by atoms with van der Waals surface area (Å²) in [6.07, 6.45) is 0. The lowest BCUT2D eigenvalue weighted by atomic mass is 9.78. The van der Waals surface area contributed by atoms with Gasteiger partial charge in [-0.05, 0) is 56.7 Å². The van der Waals surface area contributed by atoms with Crippen molar-refractivity contribution in [2.75, 3.05) is 0 Å². The molecule has 30 heavy (non-hydrogen) atoms. The van der Waals surface area contributed by atoms with Gasteiger partial charge >= 0.3 is 0 Å². The maximum atomic E-state index is 2.42. The molecule has 4 aromatic rings. The SMILES string of the molecule is CC(C)c1cccc2sc3cccc(-c4cc(C(C)(C)C)cc(C(C)(C)C)c4)c3c12. The van der Waals surface area contributed by atoms with Crippen LogP contribution in [0.5, 0.6) is 0 Å². The third-order valence-corrected chi connectivity index (χ3v) is 7.27. The highest BCUT2D eigenvalue weighted by atomic mass is 32.1. The Labute approximate surface area is 186 Å². The van der Waals surface area contributed by atoms with E-state index in [9.17, 15) is 0 Å². The zero-order chi connectivity index (χ0) is 21.8. The van der Waals surface area contributed by atoms with Crippen LogP contribution in [0.2, 0.25) is 0 Å². The summed E-state index contributed by atoms with van der Waals surface area (Å²) in [7, 11) is 0. The van der Waals surface area contributed by atoms with Crippen LogP contribution in [0.3, 0.4) is 0 Å².